The van der Waals surface area contributed by atoms with Gasteiger partial charge in [0.15, 0.2) is 0 Å². The zero-order chi connectivity index (χ0) is 12.8. The van der Waals surface area contributed by atoms with Gasteiger partial charge in [0.1, 0.15) is 0 Å². The summed E-state index contributed by atoms with van der Waals surface area (Å²) in [7, 11) is 0. The van der Waals surface area contributed by atoms with Crippen molar-refractivity contribution in [2.45, 2.75) is 37.6 Å². The maximum absolute atomic E-state index is 6.33. The molecule has 1 N–H and O–H groups in total. The lowest BCUT2D eigenvalue weighted by molar-refractivity contribution is 0.544. The molecule has 1 aliphatic carbocycles. The fourth-order valence-corrected chi connectivity index (χ4v) is 2.99. The highest BCUT2D eigenvalue weighted by atomic mass is 35.5. The van der Waals surface area contributed by atoms with Crippen molar-refractivity contribution < 1.29 is 0 Å². The Morgan fingerprint density at radius 1 is 1.39 bits per heavy atom. The molecule has 18 heavy (non-hydrogen) atoms. The highest BCUT2D eigenvalue weighted by molar-refractivity contribution is 7.98. The second kappa shape index (κ2) is 7.42. The molecule has 1 atom stereocenters. The molecule has 1 nitrogen and oxygen atoms in total. The fraction of sp³-hybridized carbons (Fsp3) is 0.600. The molecule has 1 fully saturated rings. The van der Waals surface area contributed by atoms with Crippen LogP contribution in [0.15, 0.2) is 24.3 Å². The monoisotopic (exact) mass is 283 g/mol. The van der Waals surface area contributed by atoms with Crippen molar-refractivity contribution in [2.75, 3.05) is 18.6 Å². The van der Waals surface area contributed by atoms with E-state index in [0.29, 0.717) is 5.92 Å². The Labute approximate surface area is 120 Å². The lowest BCUT2D eigenvalue weighted by Crippen LogP contribution is -2.24. The molecule has 1 aliphatic rings. The van der Waals surface area contributed by atoms with Gasteiger partial charge in [-0.25, -0.2) is 0 Å². The Morgan fingerprint density at radius 2 is 2.17 bits per heavy atom. The molecule has 0 radical (unpaired) electrons. The molecule has 100 valence electrons. The van der Waals surface area contributed by atoms with E-state index in [4.69, 9.17) is 11.6 Å². The molecule has 1 aromatic rings. The molecule has 0 aromatic heterocycles. The van der Waals surface area contributed by atoms with E-state index < -0.39 is 0 Å². The summed E-state index contributed by atoms with van der Waals surface area (Å²) in [5.41, 5.74) is 1.31. The molecule has 1 unspecified atom stereocenters. The highest BCUT2D eigenvalue weighted by Crippen LogP contribution is 2.29. The van der Waals surface area contributed by atoms with Gasteiger partial charge in [0, 0.05) is 17.6 Å². The second-order valence-corrected chi connectivity index (χ2v) is 6.43. The predicted octanol–water partition coefficient (Wildman–Crippen LogP) is 4.32. The average Bonchev–Trinajstić information content (AvgIpc) is 3.19. The largest absolute Gasteiger partial charge is 0.313 e. The van der Waals surface area contributed by atoms with Gasteiger partial charge in [-0.3, -0.25) is 0 Å². The molecule has 0 saturated heterocycles. The molecule has 2 rings (SSSR count). The third kappa shape index (κ3) is 4.49. The summed E-state index contributed by atoms with van der Waals surface area (Å²) in [6, 6.07) is 9.07. The summed E-state index contributed by atoms with van der Waals surface area (Å²) in [6.07, 6.45) is 7.36. The molecular weight excluding hydrogens is 262 g/mol. The molecule has 0 amide bonds. The lowest BCUT2D eigenvalue weighted by Gasteiger charge is -2.19. The zero-order valence-electron chi connectivity index (χ0n) is 11.0. The highest BCUT2D eigenvalue weighted by Gasteiger charge is 2.23. The van der Waals surface area contributed by atoms with Crippen molar-refractivity contribution in [3.8, 4) is 0 Å². The van der Waals surface area contributed by atoms with E-state index in [0.717, 1.165) is 17.6 Å². The van der Waals surface area contributed by atoms with Crippen LogP contribution in [-0.4, -0.2) is 24.6 Å². The minimum Gasteiger partial charge on any atom is -0.313 e. The smallest absolute Gasteiger partial charge is 0.0441 e. The van der Waals surface area contributed by atoms with Gasteiger partial charge in [-0.2, -0.15) is 11.8 Å². The normalized spacial score (nSPS) is 16.8. The van der Waals surface area contributed by atoms with Crippen LogP contribution in [0.4, 0.5) is 0 Å². The van der Waals surface area contributed by atoms with Gasteiger partial charge in [-0.1, -0.05) is 29.8 Å². The molecular formula is C15H22ClNS. The Hall–Kier alpha value is -0.180. The standard InChI is InChI=1S/C15H22ClNS/c1-18-10-4-5-12(11-17-13-8-9-13)14-6-2-3-7-15(14)16/h2-3,6-7,12-13,17H,4-5,8-11H2,1H3. The number of thioether (sulfide) groups is 1. The van der Waals surface area contributed by atoms with Crippen LogP contribution in [0.1, 0.15) is 37.2 Å². The first-order chi connectivity index (χ1) is 8.81. The van der Waals surface area contributed by atoms with Crippen molar-refractivity contribution in [3.05, 3.63) is 34.9 Å². The maximum Gasteiger partial charge on any atom is 0.0441 e. The topological polar surface area (TPSA) is 12.0 Å². The van der Waals surface area contributed by atoms with E-state index in [-0.39, 0.29) is 0 Å². The Balaban J connectivity index is 1.95. The van der Waals surface area contributed by atoms with Crippen molar-refractivity contribution >= 4 is 23.4 Å². The molecule has 0 aliphatic heterocycles. The average molecular weight is 284 g/mol. The Kier molecular flexibility index (Phi) is 5.87. The van der Waals surface area contributed by atoms with Crippen LogP contribution in [0.5, 0.6) is 0 Å². The second-order valence-electron chi connectivity index (χ2n) is 5.04. The van der Waals surface area contributed by atoms with E-state index >= 15 is 0 Å². The summed E-state index contributed by atoms with van der Waals surface area (Å²) in [5, 5.41) is 4.56. The quantitative estimate of drug-likeness (QED) is 0.713. The molecule has 1 aromatic carbocycles. The van der Waals surface area contributed by atoms with Crippen LogP contribution in [0.25, 0.3) is 0 Å². The Bertz CT molecular complexity index is 365. The third-order valence-corrected chi connectivity index (χ3v) is 4.52. The first kappa shape index (κ1) is 14.2. The lowest BCUT2D eigenvalue weighted by atomic mass is 9.94. The Morgan fingerprint density at radius 3 is 2.83 bits per heavy atom. The molecule has 0 spiro atoms. The number of halogens is 1. The number of hydrogen-bond donors (Lipinski definition) is 1. The van der Waals surface area contributed by atoms with Crippen LogP contribution in [0, 0.1) is 0 Å². The van der Waals surface area contributed by atoms with E-state index in [2.05, 4.69) is 23.7 Å². The predicted molar refractivity (Wildman–Crippen MR) is 82.8 cm³/mol. The van der Waals surface area contributed by atoms with Gasteiger partial charge in [0.05, 0.1) is 0 Å². The molecule has 0 heterocycles. The van der Waals surface area contributed by atoms with Crippen LogP contribution in [0.3, 0.4) is 0 Å². The van der Waals surface area contributed by atoms with Crippen LogP contribution in [0.2, 0.25) is 5.02 Å². The van der Waals surface area contributed by atoms with Gasteiger partial charge in [0.2, 0.25) is 0 Å². The van der Waals surface area contributed by atoms with Crippen molar-refractivity contribution in [2.24, 2.45) is 0 Å². The number of rotatable bonds is 8. The number of nitrogens with one attached hydrogen (secondary N) is 1. The summed E-state index contributed by atoms with van der Waals surface area (Å²) in [4.78, 5) is 0. The summed E-state index contributed by atoms with van der Waals surface area (Å²) in [5.74, 6) is 1.80. The molecule has 1 saturated carbocycles. The fourth-order valence-electron chi connectivity index (χ4n) is 2.24. The minimum atomic E-state index is 0.562. The summed E-state index contributed by atoms with van der Waals surface area (Å²) in [6.45, 7) is 1.07. The maximum atomic E-state index is 6.33. The van der Waals surface area contributed by atoms with Crippen LogP contribution in [-0.2, 0) is 0 Å². The van der Waals surface area contributed by atoms with Crippen LogP contribution >= 0.6 is 23.4 Å². The third-order valence-electron chi connectivity index (χ3n) is 3.48. The zero-order valence-corrected chi connectivity index (χ0v) is 12.6. The molecule has 0 bridgehead atoms. The number of benzene rings is 1. The van der Waals surface area contributed by atoms with Crippen LogP contribution < -0.4 is 5.32 Å². The van der Waals surface area contributed by atoms with Crippen molar-refractivity contribution in [3.63, 3.8) is 0 Å². The van der Waals surface area contributed by atoms with Gasteiger partial charge >= 0.3 is 0 Å². The SMILES string of the molecule is CSCCCC(CNC1CC1)c1ccccc1Cl. The molecule has 3 heteroatoms. The van der Waals surface area contributed by atoms with Crippen molar-refractivity contribution in [1.29, 1.82) is 0 Å². The minimum absolute atomic E-state index is 0.562. The summed E-state index contributed by atoms with van der Waals surface area (Å²) < 4.78 is 0. The number of hydrogen-bond acceptors (Lipinski definition) is 2. The van der Waals surface area contributed by atoms with Gasteiger partial charge in [-0.05, 0) is 55.2 Å². The van der Waals surface area contributed by atoms with Gasteiger partial charge < -0.3 is 5.32 Å². The van der Waals surface area contributed by atoms with Gasteiger partial charge in [-0.15, -0.1) is 0 Å². The summed E-state index contributed by atoms with van der Waals surface area (Å²) >= 11 is 8.26. The van der Waals surface area contributed by atoms with Crippen molar-refractivity contribution in [1.82, 2.24) is 5.32 Å². The van der Waals surface area contributed by atoms with E-state index in [1.165, 1.54) is 37.0 Å². The van der Waals surface area contributed by atoms with E-state index in [9.17, 15) is 0 Å². The first-order valence-electron chi connectivity index (χ1n) is 6.78. The van der Waals surface area contributed by atoms with Gasteiger partial charge in [0.25, 0.3) is 0 Å². The van der Waals surface area contributed by atoms with E-state index in [1.807, 2.05) is 23.9 Å². The van der Waals surface area contributed by atoms with E-state index in [1.54, 1.807) is 0 Å². The first-order valence-corrected chi connectivity index (χ1v) is 8.55.